The molecular formula is C20H23NO4. The summed E-state index contributed by atoms with van der Waals surface area (Å²) in [6.45, 7) is 4.09. The molecule has 2 aromatic rings. The minimum Gasteiger partial charge on any atom is -0.493 e. The van der Waals surface area contributed by atoms with Gasteiger partial charge in [0.1, 0.15) is 0 Å². The van der Waals surface area contributed by atoms with Crippen LogP contribution in [0.25, 0.3) is 0 Å². The first-order valence-corrected chi connectivity index (χ1v) is 8.23. The smallest absolute Gasteiger partial charge is 0.258 e. The van der Waals surface area contributed by atoms with E-state index in [-0.39, 0.29) is 11.9 Å². The third-order valence-electron chi connectivity index (χ3n) is 4.59. The molecule has 2 aromatic carbocycles. The van der Waals surface area contributed by atoms with Gasteiger partial charge in [0, 0.05) is 17.3 Å². The van der Waals surface area contributed by atoms with E-state index in [0.29, 0.717) is 22.8 Å². The number of hydrogen-bond acceptors (Lipinski definition) is 4. The van der Waals surface area contributed by atoms with Crippen LogP contribution in [0, 0.1) is 6.92 Å². The van der Waals surface area contributed by atoms with Crippen molar-refractivity contribution in [1.82, 2.24) is 0 Å². The van der Waals surface area contributed by atoms with Gasteiger partial charge in [-0.2, -0.15) is 0 Å². The molecule has 5 nitrogen and oxygen atoms in total. The fourth-order valence-corrected chi connectivity index (χ4v) is 3.37. The maximum Gasteiger partial charge on any atom is 0.258 e. The summed E-state index contributed by atoms with van der Waals surface area (Å²) in [6, 6.07) is 9.74. The number of rotatable bonds is 4. The van der Waals surface area contributed by atoms with Crippen molar-refractivity contribution >= 4 is 11.6 Å². The molecular weight excluding hydrogens is 318 g/mol. The summed E-state index contributed by atoms with van der Waals surface area (Å²) in [4.78, 5) is 15.1. The largest absolute Gasteiger partial charge is 0.493 e. The molecule has 0 saturated heterocycles. The molecule has 132 valence electrons. The van der Waals surface area contributed by atoms with Gasteiger partial charge in [-0.1, -0.05) is 12.1 Å². The highest BCUT2D eigenvalue weighted by Crippen LogP contribution is 2.40. The third kappa shape index (κ3) is 2.90. The van der Waals surface area contributed by atoms with Crippen LogP contribution in [0.1, 0.15) is 28.4 Å². The van der Waals surface area contributed by atoms with Crippen molar-refractivity contribution < 1.29 is 19.0 Å². The summed E-state index contributed by atoms with van der Waals surface area (Å²) in [6.07, 6.45) is 0.853. The molecule has 1 heterocycles. The topological polar surface area (TPSA) is 48.0 Å². The molecule has 0 bridgehead atoms. The van der Waals surface area contributed by atoms with E-state index in [2.05, 4.69) is 25.1 Å². The first kappa shape index (κ1) is 17.1. The Balaban J connectivity index is 2.06. The molecule has 25 heavy (non-hydrogen) atoms. The van der Waals surface area contributed by atoms with Crippen LogP contribution in [0.4, 0.5) is 5.69 Å². The van der Waals surface area contributed by atoms with Crippen molar-refractivity contribution in [2.45, 2.75) is 26.3 Å². The monoisotopic (exact) mass is 341 g/mol. The Hall–Kier alpha value is -2.69. The molecule has 0 fully saturated rings. The number of methoxy groups -OCH3 is 3. The van der Waals surface area contributed by atoms with Crippen LogP contribution in [0.5, 0.6) is 17.2 Å². The average molecular weight is 341 g/mol. The van der Waals surface area contributed by atoms with Crippen molar-refractivity contribution in [2.75, 3.05) is 26.2 Å². The Bertz CT molecular complexity index is 790. The molecule has 1 unspecified atom stereocenters. The number of carbonyl (C=O) groups excluding carboxylic acids is 1. The maximum absolute atomic E-state index is 13.2. The first-order valence-electron chi connectivity index (χ1n) is 8.23. The number of ether oxygens (including phenoxy) is 3. The second-order valence-electron chi connectivity index (χ2n) is 6.27. The summed E-state index contributed by atoms with van der Waals surface area (Å²) < 4.78 is 16.1. The maximum atomic E-state index is 13.2. The van der Waals surface area contributed by atoms with Crippen LogP contribution in [-0.2, 0) is 6.42 Å². The van der Waals surface area contributed by atoms with Gasteiger partial charge in [-0.25, -0.2) is 0 Å². The Morgan fingerprint density at radius 3 is 2.24 bits per heavy atom. The van der Waals surface area contributed by atoms with E-state index >= 15 is 0 Å². The van der Waals surface area contributed by atoms with Gasteiger partial charge in [0.25, 0.3) is 5.91 Å². The number of fused-ring (bicyclic) bond motifs is 1. The van der Waals surface area contributed by atoms with Crippen LogP contribution >= 0.6 is 0 Å². The summed E-state index contributed by atoms with van der Waals surface area (Å²) in [5, 5.41) is 0. The molecule has 1 atom stereocenters. The molecule has 0 aliphatic carbocycles. The molecule has 0 saturated carbocycles. The van der Waals surface area contributed by atoms with Crippen molar-refractivity contribution in [2.24, 2.45) is 0 Å². The molecule has 0 N–H and O–H groups in total. The zero-order valence-corrected chi connectivity index (χ0v) is 15.3. The van der Waals surface area contributed by atoms with Crippen molar-refractivity contribution in [1.29, 1.82) is 0 Å². The van der Waals surface area contributed by atoms with Crippen LogP contribution in [-0.4, -0.2) is 33.3 Å². The molecule has 0 spiro atoms. The predicted molar refractivity (Wildman–Crippen MR) is 97.3 cm³/mol. The lowest BCUT2D eigenvalue weighted by Gasteiger charge is -2.24. The standard InChI is InChI=1S/C20H23NO4/c1-12-6-7-14-9-13(2)21(16(14)8-12)20(22)15-10-17(23-3)19(25-5)18(11-15)24-4/h6-8,10-11,13H,9H2,1-5H3. The van der Waals surface area contributed by atoms with E-state index in [4.69, 9.17) is 14.2 Å². The van der Waals surface area contributed by atoms with E-state index in [1.165, 1.54) is 5.56 Å². The highest BCUT2D eigenvalue weighted by atomic mass is 16.5. The number of benzene rings is 2. The molecule has 0 aromatic heterocycles. The molecule has 3 rings (SSSR count). The minimum absolute atomic E-state index is 0.0731. The normalized spacial score (nSPS) is 15.7. The van der Waals surface area contributed by atoms with Crippen molar-refractivity contribution in [3.05, 3.63) is 47.0 Å². The predicted octanol–water partition coefficient (Wildman–Crippen LogP) is 3.61. The van der Waals surface area contributed by atoms with Gasteiger partial charge in [-0.15, -0.1) is 0 Å². The molecule has 0 radical (unpaired) electrons. The van der Waals surface area contributed by atoms with E-state index in [0.717, 1.165) is 17.7 Å². The van der Waals surface area contributed by atoms with Gasteiger partial charge in [0.15, 0.2) is 11.5 Å². The second kappa shape index (κ2) is 6.67. The van der Waals surface area contributed by atoms with Crippen LogP contribution < -0.4 is 19.1 Å². The number of amides is 1. The summed E-state index contributed by atoms with van der Waals surface area (Å²) in [5.74, 6) is 1.35. The Kier molecular flexibility index (Phi) is 4.57. The van der Waals surface area contributed by atoms with Crippen LogP contribution in [0.2, 0.25) is 0 Å². The quantitative estimate of drug-likeness (QED) is 0.852. The van der Waals surface area contributed by atoms with Crippen molar-refractivity contribution in [3.8, 4) is 17.2 Å². The Morgan fingerprint density at radius 2 is 1.68 bits per heavy atom. The van der Waals surface area contributed by atoms with Gasteiger partial charge in [0.2, 0.25) is 5.75 Å². The first-order chi connectivity index (χ1) is 12.0. The van der Waals surface area contributed by atoms with Gasteiger partial charge in [-0.3, -0.25) is 4.79 Å². The number of aryl methyl sites for hydroxylation is 1. The fraction of sp³-hybridized carbons (Fsp3) is 0.350. The highest BCUT2D eigenvalue weighted by Gasteiger charge is 2.32. The number of hydrogen-bond donors (Lipinski definition) is 0. The number of nitrogens with zero attached hydrogens (tertiary/aromatic N) is 1. The Labute approximate surface area is 148 Å². The van der Waals surface area contributed by atoms with Crippen LogP contribution in [0.3, 0.4) is 0 Å². The van der Waals surface area contributed by atoms with Gasteiger partial charge >= 0.3 is 0 Å². The van der Waals surface area contributed by atoms with Gasteiger partial charge < -0.3 is 19.1 Å². The van der Waals surface area contributed by atoms with Gasteiger partial charge in [-0.05, 0) is 49.6 Å². The molecule has 1 aliphatic heterocycles. The van der Waals surface area contributed by atoms with E-state index in [1.54, 1.807) is 33.5 Å². The summed E-state index contributed by atoms with van der Waals surface area (Å²) in [7, 11) is 4.63. The van der Waals surface area contributed by atoms with E-state index < -0.39 is 0 Å². The number of anilines is 1. The lowest BCUT2D eigenvalue weighted by molar-refractivity contribution is 0.0980. The Morgan fingerprint density at radius 1 is 1.04 bits per heavy atom. The van der Waals surface area contributed by atoms with Crippen LogP contribution in [0.15, 0.2) is 30.3 Å². The van der Waals surface area contributed by atoms with E-state index in [1.807, 2.05) is 11.8 Å². The summed E-state index contributed by atoms with van der Waals surface area (Å²) >= 11 is 0. The average Bonchev–Trinajstić information content (AvgIpc) is 2.94. The number of carbonyl (C=O) groups is 1. The van der Waals surface area contributed by atoms with Crippen molar-refractivity contribution in [3.63, 3.8) is 0 Å². The fourth-order valence-electron chi connectivity index (χ4n) is 3.37. The zero-order chi connectivity index (χ0) is 18.1. The molecule has 1 aliphatic rings. The minimum atomic E-state index is -0.0731. The third-order valence-corrected chi connectivity index (χ3v) is 4.59. The zero-order valence-electron chi connectivity index (χ0n) is 15.3. The summed E-state index contributed by atoms with van der Waals surface area (Å²) in [5.41, 5.74) is 3.82. The van der Waals surface area contributed by atoms with E-state index in [9.17, 15) is 4.79 Å². The second-order valence-corrected chi connectivity index (χ2v) is 6.27. The highest BCUT2D eigenvalue weighted by molar-refractivity contribution is 6.08. The lowest BCUT2D eigenvalue weighted by atomic mass is 10.1. The molecule has 5 heteroatoms. The SMILES string of the molecule is COc1cc(C(=O)N2c3cc(C)ccc3CC2C)cc(OC)c1OC. The lowest BCUT2D eigenvalue weighted by Crippen LogP contribution is -2.35. The van der Waals surface area contributed by atoms with Gasteiger partial charge in [0.05, 0.1) is 21.3 Å². The molecule has 1 amide bonds.